The second-order valence-corrected chi connectivity index (χ2v) is 5.00. The van der Waals surface area contributed by atoms with Gasteiger partial charge in [-0.3, -0.25) is 0 Å². The number of furan rings is 1. The summed E-state index contributed by atoms with van der Waals surface area (Å²) in [7, 11) is 0. The predicted octanol–water partition coefficient (Wildman–Crippen LogP) is 1.89. The fraction of sp³-hybridized carbons (Fsp3) is 0.167. The molecule has 2 N–H and O–H groups in total. The van der Waals surface area contributed by atoms with Crippen LogP contribution in [0, 0.1) is 5.82 Å². The molecule has 0 aliphatic carbocycles. The van der Waals surface area contributed by atoms with E-state index < -0.39 is 5.82 Å². The largest absolute Gasteiger partial charge is 0.461 e. The van der Waals surface area contributed by atoms with Crippen LogP contribution in [-0.2, 0) is 6.42 Å². The van der Waals surface area contributed by atoms with Crippen molar-refractivity contribution in [3.63, 3.8) is 0 Å². The first-order valence-electron chi connectivity index (χ1n) is 6.12. The van der Waals surface area contributed by atoms with E-state index in [1.807, 2.05) is 6.92 Å². The summed E-state index contributed by atoms with van der Waals surface area (Å²) in [5, 5.41) is 8.33. The summed E-state index contributed by atoms with van der Waals surface area (Å²) in [6.07, 6.45) is 3.30. The lowest BCUT2D eigenvalue weighted by molar-refractivity contribution is 0.558. The third kappa shape index (κ3) is 2.47. The number of rotatable bonds is 4. The molecule has 9 heteroatoms. The van der Waals surface area contributed by atoms with Crippen molar-refractivity contribution in [2.75, 3.05) is 5.84 Å². The van der Waals surface area contributed by atoms with Gasteiger partial charge in [0, 0.05) is 0 Å². The fourth-order valence-electron chi connectivity index (χ4n) is 1.71. The van der Waals surface area contributed by atoms with Crippen molar-refractivity contribution in [1.82, 2.24) is 24.8 Å². The molecular formula is C12H11FN6OS. The van der Waals surface area contributed by atoms with E-state index in [2.05, 4.69) is 20.2 Å². The van der Waals surface area contributed by atoms with E-state index in [1.165, 1.54) is 17.3 Å². The monoisotopic (exact) mass is 306 g/mol. The van der Waals surface area contributed by atoms with E-state index in [9.17, 15) is 4.39 Å². The smallest absolute Gasteiger partial charge is 0.218 e. The van der Waals surface area contributed by atoms with Gasteiger partial charge < -0.3 is 10.3 Å². The summed E-state index contributed by atoms with van der Waals surface area (Å²) >= 11 is 0.985. The van der Waals surface area contributed by atoms with Crippen LogP contribution >= 0.6 is 11.8 Å². The Morgan fingerprint density at radius 2 is 2.24 bits per heavy atom. The normalized spacial score (nSPS) is 11.0. The molecule has 0 radical (unpaired) electrons. The third-order valence-electron chi connectivity index (χ3n) is 2.76. The van der Waals surface area contributed by atoms with Gasteiger partial charge in [0.15, 0.2) is 11.6 Å². The number of nitrogens with zero attached hydrogens (tertiary/aromatic N) is 5. The van der Waals surface area contributed by atoms with Crippen molar-refractivity contribution in [3.05, 3.63) is 36.2 Å². The molecule has 0 spiro atoms. The molecule has 0 bridgehead atoms. The van der Waals surface area contributed by atoms with Gasteiger partial charge in [0.2, 0.25) is 11.0 Å². The zero-order valence-corrected chi connectivity index (χ0v) is 11.8. The van der Waals surface area contributed by atoms with Crippen molar-refractivity contribution < 1.29 is 8.81 Å². The molecule has 0 atom stereocenters. The van der Waals surface area contributed by atoms with E-state index in [0.29, 0.717) is 28.9 Å². The average molecular weight is 306 g/mol. The lowest BCUT2D eigenvalue weighted by atomic mass is 10.3. The molecule has 0 saturated carbocycles. The van der Waals surface area contributed by atoms with E-state index in [1.54, 1.807) is 12.1 Å². The molecule has 7 nitrogen and oxygen atoms in total. The molecule has 0 aliphatic rings. The predicted molar refractivity (Wildman–Crippen MR) is 73.4 cm³/mol. The minimum absolute atomic E-state index is 0.159. The highest BCUT2D eigenvalue weighted by Crippen LogP contribution is 2.29. The molecule has 0 saturated heterocycles. The molecule has 3 aromatic heterocycles. The van der Waals surface area contributed by atoms with Crippen LogP contribution in [0.3, 0.4) is 0 Å². The summed E-state index contributed by atoms with van der Waals surface area (Å²) in [5.74, 6) is 6.28. The van der Waals surface area contributed by atoms with Crippen LogP contribution in [0.2, 0.25) is 0 Å². The molecule has 3 rings (SSSR count). The number of hydrogen-bond acceptors (Lipinski definition) is 7. The van der Waals surface area contributed by atoms with Crippen LogP contribution in [0.1, 0.15) is 12.6 Å². The number of hydrogen-bond donors (Lipinski definition) is 1. The lowest BCUT2D eigenvalue weighted by Gasteiger charge is -2.04. The maximum absolute atomic E-state index is 14.1. The number of nitrogen functional groups attached to an aromatic ring is 1. The first-order valence-corrected chi connectivity index (χ1v) is 6.94. The third-order valence-corrected chi connectivity index (χ3v) is 3.70. The fourth-order valence-corrected chi connectivity index (χ4v) is 2.46. The molecule has 0 aliphatic heterocycles. The number of nitrogens with two attached hydrogens (primary N) is 1. The minimum Gasteiger partial charge on any atom is -0.461 e. The number of aryl methyl sites for hydroxylation is 1. The highest BCUT2D eigenvalue weighted by molar-refractivity contribution is 7.99. The molecule has 0 aromatic carbocycles. The quantitative estimate of drug-likeness (QED) is 0.581. The summed E-state index contributed by atoms with van der Waals surface area (Å²) in [6, 6.07) is 3.43. The van der Waals surface area contributed by atoms with Gasteiger partial charge in [0.05, 0.1) is 12.0 Å². The van der Waals surface area contributed by atoms with Crippen molar-refractivity contribution in [2.24, 2.45) is 0 Å². The minimum atomic E-state index is -0.465. The van der Waals surface area contributed by atoms with E-state index in [4.69, 9.17) is 10.3 Å². The van der Waals surface area contributed by atoms with Crippen LogP contribution in [0.5, 0.6) is 0 Å². The molecular weight excluding hydrogens is 295 g/mol. The van der Waals surface area contributed by atoms with Crippen molar-refractivity contribution in [2.45, 2.75) is 23.5 Å². The highest BCUT2D eigenvalue weighted by Gasteiger charge is 2.18. The van der Waals surface area contributed by atoms with Gasteiger partial charge in [-0.1, -0.05) is 6.92 Å². The van der Waals surface area contributed by atoms with Gasteiger partial charge >= 0.3 is 0 Å². The summed E-state index contributed by atoms with van der Waals surface area (Å²) in [4.78, 5) is 7.79. The van der Waals surface area contributed by atoms with Gasteiger partial charge in [-0.05, 0) is 30.3 Å². The average Bonchev–Trinajstić information content (AvgIpc) is 3.12. The molecule has 0 fully saturated rings. The Hall–Kier alpha value is -2.42. The van der Waals surface area contributed by atoms with Crippen LogP contribution in [0.15, 0.2) is 39.3 Å². The van der Waals surface area contributed by atoms with E-state index in [0.717, 1.165) is 11.8 Å². The second kappa shape index (κ2) is 5.52. The zero-order chi connectivity index (χ0) is 14.8. The molecule has 0 amide bonds. The molecule has 0 unspecified atom stereocenters. The van der Waals surface area contributed by atoms with Gasteiger partial charge in [0.25, 0.3) is 0 Å². The summed E-state index contributed by atoms with van der Waals surface area (Å²) < 4.78 is 20.6. The standard InChI is InChI=1S/C12H11FN6OS/c1-2-7-9(13)11(16-6-15-7)21-12-18-17-10(19(12)14)8-4-3-5-20-8/h3-6H,2,14H2,1H3. The molecule has 21 heavy (non-hydrogen) atoms. The summed E-state index contributed by atoms with van der Waals surface area (Å²) in [6.45, 7) is 1.82. The van der Waals surface area contributed by atoms with E-state index >= 15 is 0 Å². The topological polar surface area (TPSA) is 95.6 Å². The molecule has 108 valence electrons. The van der Waals surface area contributed by atoms with Crippen LogP contribution in [-0.4, -0.2) is 24.8 Å². The Bertz CT molecular complexity index is 757. The Labute approximate surface area is 123 Å². The Balaban J connectivity index is 1.93. The maximum atomic E-state index is 14.1. The van der Waals surface area contributed by atoms with Gasteiger partial charge in [-0.15, -0.1) is 10.2 Å². The Kier molecular flexibility index (Phi) is 3.57. The molecule has 3 aromatic rings. The second-order valence-electron chi connectivity index (χ2n) is 4.05. The van der Waals surface area contributed by atoms with Crippen LogP contribution in [0.25, 0.3) is 11.6 Å². The van der Waals surface area contributed by atoms with Crippen molar-refractivity contribution in [3.8, 4) is 11.6 Å². The first-order chi connectivity index (χ1) is 10.2. The summed E-state index contributed by atoms with van der Waals surface area (Å²) in [5.41, 5.74) is 0.349. The Morgan fingerprint density at radius 1 is 1.38 bits per heavy atom. The van der Waals surface area contributed by atoms with Crippen LogP contribution in [0.4, 0.5) is 4.39 Å². The SMILES string of the molecule is CCc1ncnc(Sc2nnc(-c3ccco3)n2N)c1F. The first kappa shape index (κ1) is 13.6. The van der Waals surface area contributed by atoms with Crippen molar-refractivity contribution in [1.29, 1.82) is 0 Å². The lowest BCUT2D eigenvalue weighted by Crippen LogP contribution is -2.11. The maximum Gasteiger partial charge on any atom is 0.218 e. The number of halogens is 1. The van der Waals surface area contributed by atoms with Gasteiger partial charge in [-0.25, -0.2) is 19.0 Å². The highest BCUT2D eigenvalue weighted by atomic mass is 32.2. The van der Waals surface area contributed by atoms with Gasteiger partial charge in [0.1, 0.15) is 11.4 Å². The molecule has 3 heterocycles. The van der Waals surface area contributed by atoms with E-state index in [-0.39, 0.29) is 5.03 Å². The number of aromatic nitrogens is 5. The van der Waals surface area contributed by atoms with Crippen LogP contribution < -0.4 is 5.84 Å². The Morgan fingerprint density at radius 3 is 2.95 bits per heavy atom. The van der Waals surface area contributed by atoms with Crippen molar-refractivity contribution >= 4 is 11.8 Å². The zero-order valence-electron chi connectivity index (χ0n) is 11.0. The van der Waals surface area contributed by atoms with Gasteiger partial charge in [-0.2, -0.15) is 0 Å².